The number of nitrogens with zero attached hydrogens (tertiary/aromatic N) is 3. The minimum absolute atomic E-state index is 0.555. The van der Waals surface area contributed by atoms with Crippen LogP contribution in [0.25, 0.3) is 11.2 Å². The summed E-state index contributed by atoms with van der Waals surface area (Å²) in [6, 6.07) is 4.08. The molecule has 2 aliphatic heterocycles. The van der Waals surface area contributed by atoms with Crippen LogP contribution in [0.1, 0.15) is 36.8 Å². The molecular weight excluding hydrogens is 282 g/mol. The topological polar surface area (TPSA) is 39.9 Å². The van der Waals surface area contributed by atoms with Gasteiger partial charge in [-0.1, -0.05) is 0 Å². The molecule has 4 heterocycles. The first kappa shape index (κ1) is 13.6. The SMILES string of the molecule is c1cnc2c(c1)nc(C1CCCS1)n2CC1CCOCC1. The van der Waals surface area contributed by atoms with Crippen molar-refractivity contribution in [3.63, 3.8) is 0 Å². The van der Waals surface area contributed by atoms with Crippen LogP contribution >= 0.6 is 11.8 Å². The second kappa shape index (κ2) is 5.97. The third-order valence-corrected chi connectivity index (χ3v) is 5.91. The van der Waals surface area contributed by atoms with Crippen molar-refractivity contribution in [2.45, 2.75) is 37.5 Å². The lowest BCUT2D eigenvalue weighted by Gasteiger charge is -2.24. The third-order valence-electron chi connectivity index (χ3n) is 4.53. The maximum Gasteiger partial charge on any atom is 0.160 e. The number of fused-ring (bicyclic) bond motifs is 1. The Kier molecular flexibility index (Phi) is 3.86. The van der Waals surface area contributed by atoms with Gasteiger partial charge >= 0.3 is 0 Å². The predicted molar refractivity (Wildman–Crippen MR) is 85.5 cm³/mol. The molecule has 112 valence electrons. The van der Waals surface area contributed by atoms with Gasteiger partial charge in [0.15, 0.2) is 5.65 Å². The Morgan fingerprint density at radius 2 is 2.19 bits per heavy atom. The summed E-state index contributed by atoms with van der Waals surface area (Å²) in [6.45, 7) is 2.85. The highest BCUT2D eigenvalue weighted by molar-refractivity contribution is 7.99. The van der Waals surface area contributed by atoms with E-state index in [4.69, 9.17) is 9.72 Å². The molecule has 0 aliphatic carbocycles. The van der Waals surface area contributed by atoms with Crippen LogP contribution in [0, 0.1) is 5.92 Å². The van der Waals surface area contributed by atoms with E-state index in [1.807, 2.05) is 12.3 Å². The van der Waals surface area contributed by atoms with Crippen LogP contribution in [0.15, 0.2) is 18.3 Å². The number of imidazole rings is 1. The summed E-state index contributed by atoms with van der Waals surface area (Å²) in [4.78, 5) is 9.51. The minimum atomic E-state index is 0.555. The molecule has 21 heavy (non-hydrogen) atoms. The highest BCUT2D eigenvalue weighted by atomic mass is 32.2. The van der Waals surface area contributed by atoms with Gasteiger partial charge in [-0.2, -0.15) is 11.8 Å². The fraction of sp³-hybridized carbons (Fsp3) is 0.625. The summed E-state index contributed by atoms with van der Waals surface area (Å²) in [6.07, 6.45) is 6.76. The molecule has 0 saturated carbocycles. The molecule has 1 unspecified atom stereocenters. The van der Waals surface area contributed by atoms with Gasteiger partial charge in [0, 0.05) is 26.0 Å². The number of hydrogen-bond acceptors (Lipinski definition) is 4. The average molecular weight is 303 g/mol. The van der Waals surface area contributed by atoms with Crippen molar-refractivity contribution in [1.82, 2.24) is 14.5 Å². The Morgan fingerprint density at radius 1 is 1.29 bits per heavy atom. The van der Waals surface area contributed by atoms with Gasteiger partial charge in [0.1, 0.15) is 11.3 Å². The fourth-order valence-corrected chi connectivity index (χ4v) is 4.65. The van der Waals surface area contributed by atoms with E-state index in [-0.39, 0.29) is 0 Å². The van der Waals surface area contributed by atoms with Gasteiger partial charge in [-0.25, -0.2) is 9.97 Å². The molecule has 2 aliphatic rings. The molecule has 1 atom stereocenters. The van der Waals surface area contributed by atoms with Crippen LogP contribution < -0.4 is 0 Å². The molecule has 0 aromatic carbocycles. The Labute approximate surface area is 129 Å². The van der Waals surface area contributed by atoms with Crippen LogP contribution in [0.2, 0.25) is 0 Å². The van der Waals surface area contributed by atoms with E-state index in [0.717, 1.165) is 43.8 Å². The van der Waals surface area contributed by atoms with Crippen molar-refractivity contribution >= 4 is 22.9 Å². The van der Waals surface area contributed by atoms with Crippen molar-refractivity contribution < 1.29 is 4.74 Å². The summed E-state index contributed by atoms with van der Waals surface area (Å²) in [7, 11) is 0. The lowest BCUT2D eigenvalue weighted by molar-refractivity contribution is 0.0613. The molecule has 0 N–H and O–H groups in total. The molecular formula is C16H21N3OS. The van der Waals surface area contributed by atoms with Crippen LogP contribution in [0.5, 0.6) is 0 Å². The van der Waals surface area contributed by atoms with E-state index in [1.54, 1.807) is 0 Å². The quantitative estimate of drug-likeness (QED) is 0.871. The first-order chi connectivity index (χ1) is 10.4. The van der Waals surface area contributed by atoms with Crippen molar-refractivity contribution in [3.8, 4) is 0 Å². The van der Waals surface area contributed by atoms with Gasteiger partial charge in [-0.3, -0.25) is 0 Å². The van der Waals surface area contributed by atoms with E-state index < -0.39 is 0 Å². The maximum absolute atomic E-state index is 5.49. The largest absolute Gasteiger partial charge is 0.381 e. The molecule has 0 amide bonds. The third kappa shape index (κ3) is 2.69. The van der Waals surface area contributed by atoms with Crippen LogP contribution in [-0.4, -0.2) is 33.5 Å². The number of hydrogen-bond donors (Lipinski definition) is 0. The lowest BCUT2D eigenvalue weighted by atomic mass is 10.0. The van der Waals surface area contributed by atoms with Crippen molar-refractivity contribution in [1.29, 1.82) is 0 Å². The molecule has 0 bridgehead atoms. The smallest absolute Gasteiger partial charge is 0.160 e. The van der Waals surface area contributed by atoms with Crippen LogP contribution in [-0.2, 0) is 11.3 Å². The second-order valence-electron chi connectivity index (χ2n) is 5.98. The number of aromatic nitrogens is 3. The number of pyridine rings is 1. The lowest BCUT2D eigenvalue weighted by Crippen LogP contribution is -2.21. The summed E-state index contributed by atoms with van der Waals surface area (Å²) in [5.41, 5.74) is 2.11. The molecule has 0 radical (unpaired) electrons. The molecule has 2 aromatic rings. The standard InChI is InChI=1S/C16H21N3OS/c1-3-13-15(17-7-1)19(11-12-5-8-20-9-6-12)16(18-13)14-4-2-10-21-14/h1,3,7,12,14H,2,4-6,8-11H2. The summed E-state index contributed by atoms with van der Waals surface area (Å²) in [5, 5.41) is 0.555. The molecule has 5 heteroatoms. The van der Waals surface area contributed by atoms with Crippen molar-refractivity contribution in [3.05, 3.63) is 24.2 Å². The predicted octanol–water partition coefficient (Wildman–Crippen LogP) is 3.43. The van der Waals surface area contributed by atoms with Gasteiger partial charge in [0.25, 0.3) is 0 Å². The van der Waals surface area contributed by atoms with E-state index in [1.165, 1.54) is 24.4 Å². The van der Waals surface area contributed by atoms with Crippen molar-refractivity contribution in [2.24, 2.45) is 5.92 Å². The molecule has 4 nitrogen and oxygen atoms in total. The van der Waals surface area contributed by atoms with Gasteiger partial charge < -0.3 is 9.30 Å². The molecule has 2 saturated heterocycles. The van der Waals surface area contributed by atoms with E-state index in [0.29, 0.717) is 11.2 Å². The number of ether oxygens (including phenoxy) is 1. The zero-order valence-electron chi connectivity index (χ0n) is 12.2. The minimum Gasteiger partial charge on any atom is -0.381 e. The van der Waals surface area contributed by atoms with Crippen molar-refractivity contribution in [2.75, 3.05) is 19.0 Å². The highest BCUT2D eigenvalue weighted by Crippen LogP contribution is 2.40. The normalized spacial score (nSPS) is 23.9. The molecule has 4 rings (SSSR count). The molecule has 0 spiro atoms. The molecule has 2 aromatic heterocycles. The first-order valence-electron chi connectivity index (χ1n) is 7.92. The zero-order chi connectivity index (χ0) is 14.1. The maximum atomic E-state index is 5.49. The monoisotopic (exact) mass is 303 g/mol. The van der Waals surface area contributed by atoms with Gasteiger partial charge in [0.2, 0.25) is 0 Å². The van der Waals surface area contributed by atoms with Gasteiger partial charge in [0.05, 0.1) is 5.25 Å². The Hall–Kier alpha value is -1.07. The Morgan fingerprint density at radius 3 is 3.00 bits per heavy atom. The Bertz CT molecular complexity index is 615. The highest BCUT2D eigenvalue weighted by Gasteiger charge is 2.26. The van der Waals surface area contributed by atoms with E-state index in [2.05, 4.69) is 27.4 Å². The van der Waals surface area contributed by atoms with Crippen LogP contribution in [0.4, 0.5) is 0 Å². The average Bonchev–Trinajstić information content (AvgIpc) is 3.16. The van der Waals surface area contributed by atoms with Crippen LogP contribution in [0.3, 0.4) is 0 Å². The Balaban J connectivity index is 1.70. The summed E-state index contributed by atoms with van der Waals surface area (Å²) in [5.74, 6) is 3.21. The number of rotatable bonds is 3. The molecule has 2 fully saturated rings. The van der Waals surface area contributed by atoms with E-state index in [9.17, 15) is 0 Å². The summed E-state index contributed by atoms with van der Waals surface area (Å²) >= 11 is 2.05. The van der Waals surface area contributed by atoms with Gasteiger partial charge in [-0.15, -0.1) is 0 Å². The van der Waals surface area contributed by atoms with E-state index >= 15 is 0 Å². The first-order valence-corrected chi connectivity index (χ1v) is 8.97. The second-order valence-corrected chi connectivity index (χ2v) is 7.29. The summed E-state index contributed by atoms with van der Waals surface area (Å²) < 4.78 is 7.89. The zero-order valence-corrected chi connectivity index (χ0v) is 13.0. The fourth-order valence-electron chi connectivity index (χ4n) is 3.37. The number of thioether (sulfide) groups is 1. The van der Waals surface area contributed by atoms with Gasteiger partial charge in [-0.05, 0) is 49.5 Å².